The largest absolute Gasteiger partial charge is 0.505 e. The van der Waals surface area contributed by atoms with E-state index in [1.807, 2.05) is 0 Å². The summed E-state index contributed by atoms with van der Waals surface area (Å²) in [6.45, 7) is 0. The predicted octanol–water partition coefficient (Wildman–Crippen LogP) is 0.827. The Bertz CT molecular complexity index is 185. The van der Waals surface area contributed by atoms with Crippen LogP contribution in [0.2, 0.25) is 0 Å². The third-order valence-corrected chi connectivity index (χ3v) is 0.797. The van der Waals surface area contributed by atoms with Crippen molar-refractivity contribution in [2.75, 3.05) is 7.11 Å². The Labute approximate surface area is 59.5 Å². The van der Waals surface area contributed by atoms with E-state index in [1.165, 1.54) is 19.5 Å². The number of rotatable bonds is 1. The fraction of sp³-hybridized carbons (Fsp3) is 0.333. The molecule has 4 heteroatoms. The van der Waals surface area contributed by atoms with E-state index in [-0.39, 0.29) is 19.2 Å². The molecule has 0 radical (unpaired) electrons. The van der Waals surface area contributed by atoms with Gasteiger partial charge in [0, 0.05) is 0 Å². The van der Waals surface area contributed by atoms with Gasteiger partial charge in [0.05, 0.1) is 19.5 Å². The lowest BCUT2D eigenvalue weighted by Gasteiger charge is -1.93. The van der Waals surface area contributed by atoms with E-state index in [2.05, 4.69) is 14.7 Å². The summed E-state index contributed by atoms with van der Waals surface area (Å²) < 4.78 is 4.64. The summed E-state index contributed by atoms with van der Waals surface area (Å²) in [5.74, 6) is 0.0378. The van der Waals surface area contributed by atoms with Crippen LogP contribution in [0.4, 0.5) is 0 Å². The minimum atomic E-state index is 0. The normalized spacial score (nSPS) is 8.10. The summed E-state index contributed by atoms with van der Waals surface area (Å²) in [5.41, 5.74) is 0. The van der Waals surface area contributed by atoms with E-state index in [0.717, 1.165) is 0 Å². The minimum Gasteiger partial charge on any atom is -0.505 e. The highest BCUT2D eigenvalue weighted by atomic mass is 16.5. The molecule has 0 aliphatic carbocycles. The van der Waals surface area contributed by atoms with E-state index in [0.29, 0.717) is 0 Å². The third kappa shape index (κ3) is 1.89. The van der Waals surface area contributed by atoms with Crippen LogP contribution in [0.1, 0.15) is 7.43 Å². The van der Waals surface area contributed by atoms with Crippen molar-refractivity contribution in [2.45, 2.75) is 7.43 Å². The van der Waals surface area contributed by atoms with Gasteiger partial charge < -0.3 is 9.84 Å². The molecule has 0 bridgehead atoms. The monoisotopic (exact) mass is 142 g/mol. The van der Waals surface area contributed by atoms with Crippen molar-refractivity contribution in [3.8, 4) is 11.8 Å². The van der Waals surface area contributed by atoms with Crippen LogP contribution >= 0.6 is 0 Å². The molecule has 1 N–H and O–H groups in total. The molecule has 10 heavy (non-hydrogen) atoms. The van der Waals surface area contributed by atoms with Gasteiger partial charge in [-0.3, -0.25) is 0 Å². The van der Waals surface area contributed by atoms with Gasteiger partial charge in [-0.05, 0) is 0 Å². The smallest absolute Gasteiger partial charge is 0.316 e. The van der Waals surface area contributed by atoms with Crippen LogP contribution in [0.3, 0.4) is 0 Å². The van der Waals surface area contributed by atoms with Crippen LogP contribution in [0.5, 0.6) is 11.8 Å². The summed E-state index contributed by atoms with van der Waals surface area (Å²) in [6.07, 6.45) is 2.54. The number of hydrogen-bond donors (Lipinski definition) is 1. The number of hydrogen-bond acceptors (Lipinski definition) is 4. The van der Waals surface area contributed by atoms with Crippen molar-refractivity contribution in [3.63, 3.8) is 0 Å². The van der Waals surface area contributed by atoms with E-state index in [4.69, 9.17) is 5.11 Å². The summed E-state index contributed by atoms with van der Waals surface area (Å²) >= 11 is 0. The maximum Gasteiger partial charge on any atom is 0.316 e. The Morgan fingerprint density at radius 1 is 1.40 bits per heavy atom. The van der Waals surface area contributed by atoms with Crippen molar-refractivity contribution in [1.29, 1.82) is 0 Å². The Hall–Kier alpha value is -1.32. The van der Waals surface area contributed by atoms with Crippen LogP contribution in [-0.2, 0) is 0 Å². The Kier molecular flexibility index (Phi) is 3.17. The van der Waals surface area contributed by atoms with Gasteiger partial charge in [0.15, 0.2) is 5.75 Å². The zero-order valence-corrected chi connectivity index (χ0v) is 4.90. The molecule has 0 atom stereocenters. The molecule has 0 saturated carbocycles. The second-order valence-electron chi connectivity index (χ2n) is 1.43. The van der Waals surface area contributed by atoms with Gasteiger partial charge in [-0.15, -0.1) is 0 Å². The number of aromatic hydroxyl groups is 1. The van der Waals surface area contributed by atoms with Crippen molar-refractivity contribution < 1.29 is 9.84 Å². The lowest BCUT2D eigenvalue weighted by atomic mass is 10.6. The first kappa shape index (κ1) is 8.68. The van der Waals surface area contributed by atoms with Gasteiger partial charge in [0.25, 0.3) is 0 Å². The average Bonchev–Trinajstić information content (AvgIpc) is 1.90. The van der Waals surface area contributed by atoms with Gasteiger partial charge in [-0.2, -0.15) is 9.97 Å². The van der Waals surface area contributed by atoms with Gasteiger partial charge in [0.2, 0.25) is 0 Å². The van der Waals surface area contributed by atoms with Gasteiger partial charge in [-0.25, -0.2) is 0 Å². The average molecular weight is 142 g/mol. The fourth-order valence-corrected chi connectivity index (χ4v) is 0.415. The predicted molar refractivity (Wildman–Crippen MR) is 37.0 cm³/mol. The first-order chi connectivity index (χ1) is 4.33. The van der Waals surface area contributed by atoms with Crippen molar-refractivity contribution in [1.82, 2.24) is 9.97 Å². The minimum absolute atomic E-state index is 0. The van der Waals surface area contributed by atoms with Gasteiger partial charge in [0.1, 0.15) is 0 Å². The lowest BCUT2D eigenvalue weighted by Crippen LogP contribution is -1.88. The zero-order valence-electron chi connectivity index (χ0n) is 4.90. The highest BCUT2D eigenvalue weighted by Gasteiger charge is 1.90. The molecule has 4 nitrogen and oxygen atoms in total. The number of nitrogens with zero attached hydrogens (tertiary/aromatic N) is 2. The first-order valence-electron chi connectivity index (χ1n) is 2.38. The number of ether oxygens (including phenoxy) is 1. The van der Waals surface area contributed by atoms with Crippen LogP contribution in [0.15, 0.2) is 12.4 Å². The molecular weight excluding hydrogens is 132 g/mol. The van der Waals surface area contributed by atoms with Crippen molar-refractivity contribution in [2.24, 2.45) is 0 Å². The third-order valence-electron chi connectivity index (χ3n) is 0.797. The van der Waals surface area contributed by atoms with Crippen LogP contribution in [-0.4, -0.2) is 22.2 Å². The van der Waals surface area contributed by atoms with Crippen LogP contribution in [0.25, 0.3) is 0 Å². The van der Waals surface area contributed by atoms with Crippen molar-refractivity contribution >= 4 is 0 Å². The maximum absolute atomic E-state index is 8.67. The topological polar surface area (TPSA) is 55.2 Å². The molecule has 1 aromatic heterocycles. The Morgan fingerprint density at radius 3 is 2.30 bits per heavy atom. The molecule has 0 aliphatic rings. The van der Waals surface area contributed by atoms with Crippen LogP contribution in [0, 0.1) is 0 Å². The van der Waals surface area contributed by atoms with Crippen molar-refractivity contribution in [3.05, 3.63) is 12.4 Å². The quantitative estimate of drug-likeness (QED) is 0.630. The molecule has 0 fully saturated rings. The SMILES string of the molecule is C.COc1ncc(O)cn1. The molecule has 0 unspecified atom stereocenters. The summed E-state index contributed by atoms with van der Waals surface area (Å²) in [6, 6.07) is 0.257. The molecular formula is C6H10N2O2. The molecule has 1 heterocycles. The molecule has 0 saturated heterocycles. The van der Waals surface area contributed by atoms with E-state index < -0.39 is 0 Å². The maximum atomic E-state index is 8.67. The zero-order chi connectivity index (χ0) is 6.69. The van der Waals surface area contributed by atoms with E-state index in [1.54, 1.807) is 0 Å². The standard InChI is InChI=1S/C5H6N2O2.CH4/c1-9-5-6-2-4(8)3-7-5;/h2-3,8H,1H3;1H4. The molecule has 1 aromatic rings. The Morgan fingerprint density at radius 2 is 1.90 bits per heavy atom. The summed E-state index contributed by atoms with van der Waals surface area (Å²) in [7, 11) is 1.46. The van der Waals surface area contributed by atoms with Crippen LogP contribution < -0.4 is 4.74 Å². The molecule has 0 spiro atoms. The molecule has 0 aromatic carbocycles. The second-order valence-corrected chi connectivity index (χ2v) is 1.43. The first-order valence-corrected chi connectivity index (χ1v) is 2.38. The number of methoxy groups -OCH3 is 1. The molecule has 1 rings (SSSR count). The summed E-state index contributed by atoms with van der Waals surface area (Å²) in [4.78, 5) is 7.23. The van der Waals surface area contributed by atoms with Gasteiger partial charge >= 0.3 is 6.01 Å². The molecule has 56 valence electrons. The number of aromatic nitrogens is 2. The van der Waals surface area contributed by atoms with Gasteiger partial charge in [-0.1, -0.05) is 7.43 Å². The second kappa shape index (κ2) is 3.66. The highest BCUT2D eigenvalue weighted by molar-refractivity contribution is 5.11. The molecule has 0 amide bonds. The highest BCUT2D eigenvalue weighted by Crippen LogP contribution is 2.05. The lowest BCUT2D eigenvalue weighted by molar-refractivity contribution is 0.374. The fourth-order valence-electron chi connectivity index (χ4n) is 0.415. The summed E-state index contributed by atoms with van der Waals surface area (Å²) in [5, 5.41) is 8.67. The molecule has 0 aliphatic heterocycles. The van der Waals surface area contributed by atoms with E-state index >= 15 is 0 Å². The Balaban J connectivity index is 0.000000810. The van der Waals surface area contributed by atoms with E-state index in [9.17, 15) is 0 Å².